The molecule has 2 aliphatic heterocycles. The van der Waals surface area contributed by atoms with Crippen LogP contribution in [0.25, 0.3) is 44.9 Å². The molecule has 12 rings (SSSR count). The first-order chi connectivity index (χ1) is 40.6. The molecule has 18 nitrogen and oxygen atoms in total. The number of ketones is 1. The molecule has 0 spiro atoms. The molecule has 0 radical (unpaired) electrons. The fraction of sp³-hybridized carbons (Fsp3) is 0.262. The summed E-state index contributed by atoms with van der Waals surface area (Å²) in [5.41, 5.74) is 7.84. The number of imidazole rings is 2. The normalized spacial score (nSPS) is 13.3. The highest BCUT2D eigenvalue weighted by Gasteiger charge is 2.26. The number of aliphatic hydroxyl groups is 1. The molecular formula is C61H60BBrF2N14O4S2. The number of thiazole rings is 2. The number of hydrogen-bond donors (Lipinski definition) is 3. The number of aromatic nitrogens is 8. The Morgan fingerprint density at radius 1 is 0.635 bits per heavy atom. The molecule has 2 aromatic carbocycles. The number of nitrogens with zero attached hydrogens (tertiary/aromatic N) is 14. The van der Waals surface area contributed by atoms with Gasteiger partial charge in [-0.05, 0) is 138 Å². The number of carbonyl (C=O) groups is 1. The minimum atomic E-state index is -1.60. The second kappa shape index (κ2) is 27.0. The SMILES string of the molecule is C.CCc1nc2ccc(-c3ccc(N4CCC(=O)CC4)nc3)cn2c1N(C)c1nc(-c2ccc(F)cc2)c(C#N)s1.CCc1nc2ccc(B(O)O)cn2c1N(C)c1nc(-c2ccc(F)cc2)c(C#N)s1.OC1CCN(c2ccc(Br)cn2)CC1. The molecule has 0 atom stereocenters. The number of aryl methyl sites for hydroxylation is 2. The summed E-state index contributed by atoms with van der Waals surface area (Å²) in [6.07, 6.45) is 11.4. The van der Waals surface area contributed by atoms with Crippen LogP contribution >= 0.6 is 38.6 Å². The summed E-state index contributed by atoms with van der Waals surface area (Å²) in [7, 11) is 2.14. The second-order valence-corrected chi connectivity index (χ2v) is 22.7. The highest BCUT2D eigenvalue weighted by atomic mass is 79.9. The van der Waals surface area contributed by atoms with Crippen molar-refractivity contribution < 1.29 is 28.7 Å². The van der Waals surface area contributed by atoms with Crippen molar-refractivity contribution in [1.29, 1.82) is 10.5 Å². The van der Waals surface area contributed by atoms with E-state index in [1.54, 1.807) is 53.2 Å². The fourth-order valence-corrected chi connectivity index (χ4v) is 11.8. The molecule has 434 valence electrons. The van der Waals surface area contributed by atoms with Crippen LogP contribution in [0.5, 0.6) is 0 Å². The van der Waals surface area contributed by atoms with Gasteiger partial charge >= 0.3 is 7.12 Å². The molecule has 85 heavy (non-hydrogen) atoms. The average molecular weight is 1250 g/mol. The number of pyridine rings is 4. The van der Waals surface area contributed by atoms with Gasteiger partial charge < -0.3 is 34.8 Å². The Morgan fingerprint density at radius 2 is 1.09 bits per heavy atom. The predicted octanol–water partition coefficient (Wildman–Crippen LogP) is 11.0. The number of piperidine rings is 2. The standard InChI is InChI=1S/C30H26FN7OS.C20H17BFN5O2S.C10H13BrN2O.CH4/c1-3-24-29(36(2)30-35-28(25(16-32)40-30)19-4-8-22(31)9-5-19)38-18-21(7-11-27(38)34-24)20-6-10-26(33-17-20)37-14-12-23(39)13-15-37;1-3-15-19(27-11-13(21(28)29)6-9-17(27)24-15)26(2)20-25-18(16(10-23)30-20)12-4-7-14(22)8-5-12;11-8-1-2-10(12-7-8)13-5-3-9(14)4-6-13;/h4-11,17-18H,3,12-15H2,1-2H3;4-9,11,28-29H,3H2,1-2H3;1-2,7,9,14H,3-6H2;1H4. The minimum Gasteiger partial charge on any atom is -0.423 e. The Labute approximate surface area is 507 Å². The summed E-state index contributed by atoms with van der Waals surface area (Å²) in [5.74, 6) is 3.08. The third-order valence-corrected chi connectivity index (χ3v) is 17.0. The van der Waals surface area contributed by atoms with Gasteiger partial charge in [-0.2, -0.15) is 10.5 Å². The van der Waals surface area contributed by atoms with Crippen molar-refractivity contribution in [2.45, 2.75) is 65.9 Å². The molecule has 2 saturated heterocycles. The van der Waals surface area contributed by atoms with Gasteiger partial charge in [0.05, 0.1) is 17.5 Å². The van der Waals surface area contributed by atoms with Crippen molar-refractivity contribution >= 4 is 102 Å². The van der Waals surface area contributed by atoms with Crippen LogP contribution in [0.4, 0.5) is 42.3 Å². The summed E-state index contributed by atoms with van der Waals surface area (Å²) in [6, 6.07) is 31.7. The van der Waals surface area contributed by atoms with Gasteiger partial charge in [-0.25, -0.2) is 38.7 Å². The predicted molar refractivity (Wildman–Crippen MR) is 335 cm³/mol. The van der Waals surface area contributed by atoms with Crippen molar-refractivity contribution in [3.05, 3.63) is 159 Å². The maximum Gasteiger partial charge on any atom is 0.489 e. The zero-order chi connectivity index (χ0) is 59.2. The van der Waals surface area contributed by atoms with E-state index in [0.29, 0.717) is 98.2 Å². The van der Waals surface area contributed by atoms with Crippen LogP contribution in [-0.2, 0) is 17.6 Å². The van der Waals surface area contributed by atoms with Gasteiger partial charge in [0.1, 0.15) is 85.3 Å². The smallest absolute Gasteiger partial charge is 0.423 e. The van der Waals surface area contributed by atoms with Crippen molar-refractivity contribution in [3.8, 4) is 45.8 Å². The van der Waals surface area contributed by atoms with E-state index in [0.717, 1.165) is 81.8 Å². The third kappa shape index (κ3) is 13.6. The first kappa shape index (κ1) is 61.1. The number of aliphatic hydroxyl groups excluding tert-OH is 1. The van der Waals surface area contributed by atoms with E-state index >= 15 is 0 Å². The van der Waals surface area contributed by atoms with Crippen molar-refractivity contribution in [3.63, 3.8) is 0 Å². The minimum absolute atomic E-state index is 0. The van der Waals surface area contributed by atoms with Crippen molar-refractivity contribution in [2.75, 3.05) is 59.9 Å². The monoisotopic (exact) mass is 1240 g/mol. The van der Waals surface area contributed by atoms with E-state index in [-0.39, 0.29) is 25.2 Å². The lowest BCUT2D eigenvalue weighted by atomic mass is 9.82. The highest BCUT2D eigenvalue weighted by Crippen LogP contribution is 2.39. The Kier molecular flexibility index (Phi) is 19.4. The number of nitriles is 2. The largest absolute Gasteiger partial charge is 0.489 e. The second-order valence-electron chi connectivity index (χ2n) is 19.9. The first-order valence-corrected chi connectivity index (χ1v) is 29.5. The van der Waals surface area contributed by atoms with E-state index in [4.69, 9.17) is 9.97 Å². The molecule has 24 heteroatoms. The number of Topliss-reactive ketones (excluding diaryl/α,β-unsaturated/α-hetero) is 1. The maximum atomic E-state index is 13.5. The molecule has 8 aromatic heterocycles. The Balaban J connectivity index is 0.000000168. The van der Waals surface area contributed by atoms with E-state index < -0.39 is 7.12 Å². The summed E-state index contributed by atoms with van der Waals surface area (Å²) in [6.45, 7) is 7.24. The molecular weight excluding hydrogens is 1190 g/mol. The van der Waals surface area contributed by atoms with Gasteiger partial charge in [-0.15, -0.1) is 0 Å². The molecule has 2 fully saturated rings. The van der Waals surface area contributed by atoms with Crippen LogP contribution < -0.4 is 25.1 Å². The number of halogens is 3. The van der Waals surface area contributed by atoms with E-state index in [1.807, 2.05) is 77.9 Å². The Bertz CT molecular complexity index is 4040. The number of anilines is 6. The summed E-state index contributed by atoms with van der Waals surface area (Å²) in [4.78, 5) is 48.5. The maximum absolute atomic E-state index is 13.5. The van der Waals surface area contributed by atoms with Gasteiger partial charge in [0.15, 0.2) is 10.3 Å². The summed E-state index contributed by atoms with van der Waals surface area (Å²) < 4.78 is 31.6. The van der Waals surface area contributed by atoms with Gasteiger partial charge in [0.25, 0.3) is 0 Å². The molecule has 10 heterocycles. The van der Waals surface area contributed by atoms with E-state index in [1.165, 1.54) is 46.9 Å². The van der Waals surface area contributed by atoms with E-state index in [2.05, 4.69) is 70.8 Å². The van der Waals surface area contributed by atoms with Gasteiger partial charge in [0, 0.05) is 105 Å². The molecule has 2 aliphatic rings. The average Bonchev–Trinajstić information content (AvgIpc) is 3.53. The molecule has 0 aliphatic carbocycles. The van der Waals surface area contributed by atoms with E-state index in [9.17, 15) is 39.3 Å². The number of carbonyl (C=O) groups excluding carboxylic acids is 1. The fourth-order valence-electron chi connectivity index (χ4n) is 9.91. The van der Waals surface area contributed by atoms with Crippen LogP contribution in [0.15, 0.2) is 126 Å². The lowest BCUT2D eigenvalue weighted by Gasteiger charge is -2.30. The molecule has 0 unspecified atom stereocenters. The molecule has 3 N–H and O–H groups in total. The van der Waals surface area contributed by atoms with Crippen LogP contribution in [-0.4, -0.2) is 113 Å². The molecule has 10 aromatic rings. The summed E-state index contributed by atoms with van der Waals surface area (Å²) in [5, 5.41) is 49.0. The lowest BCUT2D eigenvalue weighted by Crippen LogP contribution is -2.36. The third-order valence-electron chi connectivity index (χ3n) is 14.4. The Morgan fingerprint density at radius 3 is 1.55 bits per heavy atom. The Hall–Kier alpha value is -8.49. The number of benzene rings is 2. The lowest BCUT2D eigenvalue weighted by molar-refractivity contribution is -0.119. The summed E-state index contributed by atoms with van der Waals surface area (Å²) >= 11 is 5.87. The van der Waals surface area contributed by atoms with Crippen LogP contribution in [0.3, 0.4) is 0 Å². The van der Waals surface area contributed by atoms with Crippen LogP contribution in [0.2, 0.25) is 0 Å². The van der Waals surface area contributed by atoms with Gasteiger partial charge in [-0.3, -0.25) is 13.6 Å². The van der Waals surface area contributed by atoms with Crippen LogP contribution in [0, 0.1) is 34.3 Å². The number of rotatable bonds is 12. The highest BCUT2D eigenvalue weighted by molar-refractivity contribution is 9.10. The topological polar surface area (TPSA) is 224 Å². The number of fused-ring (bicyclic) bond motifs is 2. The first-order valence-electron chi connectivity index (χ1n) is 27.1. The quantitative estimate of drug-likeness (QED) is 0.0967. The molecule has 0 saturated carbocycles. The van der Waals surface area contributed by atoms with Gasteiger partial charge in [0.2, 0.25) is 0 Å². The zero-order valence-electron chi connectivity index (χ0n) is 46.2. The molecule has 0 amide bonds. The van der Waals surface area contributed by atoms with Crippen LogP contribution in [0.1, 0.15) is 68.1 Å². The molecule has 0 bridgehead atoms. The zero-order valence-corrected chi connectivity index (χ0v) is 49.5. The van der Waals surface area contributed by atoms with Gasteiger partial charge in [-0.1, -0.05) is 50.0 Å². The van der Waals surface area contributed by atoms with Crippen molar-refractivity contribution in [2.24, 2.45) is 0 Å². The van der Waals surface area contributed by atoms with Crippen molar-refractivity contribution in [1.82, 2.24) is 38.7 Å². The number of hydrogen-bond acceptors (Lipinski definition) is 18.